The van der Waals surface area contributed by atoms with Crippen molar-refractivity contribution < 1.29 is 13.2 Å². The van der Waals surface area contributed by atoms with E-state index in [2.05, 4.69) is 5.32 Å². The first-order valence-corrected chi connectivity index (χ1v) is 10.3. The average Bonchev–Trinajstić information content (AvgIpc) is 2.63. The molecular weight excluding hydrogens is 338 g/mol. The summed E-state index contributed by atoms with van der Waals surface area (Å²) in [4.78, 5) is 12.7. The van der Waals surface area contributed by atoms with Gasteiger partial charge in [-0.15, -0.1) is 0 Å². The van der Waals surface area contributed by atoms with Gasteiger partial charge in [0.25, 0.3) is 0 Å². The lowest BCUT2D eigenvalue weighted by Crippen LogP contribution is -2.45. The zero-order valence-corrected chi connectivity index (χ0v) is 16.5. The van der Waals surface area contributed by atoms with E-state index in [1.54, 1.807) is 24.3 Å². The van der Waals surface area contributed by atoms with Gasteiger partial charge in [-0.25, -0.2) is 8.42 Å². The molecule has 0 radical (unpaired) electrons. The molecule has 1 aromatic carbocycles. The molecule has 0 fully saturated rings. The number of rotatable bonds is 10. The number of carbonyl (C=O) groups excluding carboxylic acids is 1. The van der Waals surface area contributed by atoms with Gasteiger partial charge in [0, 0.05) is 26.2 Å². The van der Waals surface area contributed by atoms with Gasteiger partial charge < -0.3 is 11.1 Å². The van der Waals surface area contributed by atoms with Crippen LogP contribution < -0.4 is 11.1 Å². The maximum absolute atomic E-state index is 12.5. The minimum atomic E-state index is -3.45. The van der Waals surface area contributed by atoms with Crippen LogP contribution in [0.4, 0.5) is 0 Å². The van der Waals surface area contributed by atoms with E-state index >= 15 is 0 Å². The van der Waals surface area contributed by atoms with Gasteiger partial charge in [0.2, 0.25) is 15.9 Å². The molecular formula is C18H31N3O3S. The van der Waals surface area contributed by atoms with Crippen LogP contribution in [0.1, 0.15) is 46.1 Å². The summed E-state index contributed by atoms with van der Waals surface area (Å²) in [5, 5.41) is 2.92. The quantitative estimate of drug-likeness (QED) is 0.660. The van der Waals surface area contributed by atoms with E-state index in [-0.39, 0.29) is 10.8 Å². The number of carbonyl (C=O) groups is 1. The normalized spacial score (nSPS) is 12.4. The molecule has 0 aliphatic carbocycles. The largest absolute Gasteiger partial charge is 0.352 e. The monoisotopic (exact) mass is 369 g/mol. The second-order valence-corrected chi connectivity index (χ2v) is 8.05. The molecule has 7 heteroatoms. The van der Waals surface area contributed by atoms with Crippen molar-refractivity contribution in [2.24, 2.45) is 11.1 Å². The molecule has 0 aromatic heterocycles. The lowest BCUT2D eigenvalue weighted by Gasteiger charge is -2.28. The van der Waals surface area contributed by atoms with Gasteiger partial charge in [0.15, 0.2) is 0 Å². The van der Waals surface area contributed by atoms with E-state index in [4.69, 9.17) is 5.73 Å². The molecule has 0 heterocycles. The standard InChI is InChI=1S/C18H31N3O3S/c1-5-18(6-2,14-19)17(22)20-13-15-9-11-16(12-10-15)25(23,24)21(7-3)8-4/h9-12H,5-8,13-14,19H2,1-4H3,(H,20,22). The predicted molar refractivity (Wildman–Crippen MR) is 100 cm³/mol. The van der Waals surface area contributed by atoms with Crippen molar-refractivity contribution in [1.29, 1.82) is 0 Å². The molecule has 0 aliphatic rings. The molecule has 0 bridgehead atoms. The minimum Gasteiger partial charge on any atom is -0.352 e. The van der Waals surface area contributed by atoms with Crippen molar-refractivity contribution >= 4 is 15.9 Å². The Labute approximate surface area is 151 Å². The molecule has 3 N–H and O–H groups in total. The Balaban J connectivity index is 2.83. The molecule has 0 saturated carbocycles. The van der Waals surface area contributed by atoms with E-state index in [0.717, 1.165) is 5.56 Å². The fourth-order valence-corrected chi connectivity index (χ4v) is 4.27. The van der Waals surface area contributed by atoms with Crippen molar-refractivity contribution in [3.8, 4) is 0 Å². The van der Waals surface area contributed by atoms with Gasteiger partial charge in [-0.05, 0) is 30.5 Å². The second kappa shape index (κ2) is 9.31. The number of hydrogen-bond donors (Lipinski definition) is 2. The Kier molecular flexibility index (Phi) is 8.05. The van der Waals surface area contributed by atoms with E-state index in [9.17, 15) is 13.2 Å². The third-order valence-corrected chi connectivity index (χ3v) is 7.01. The Bertz CT molecular complexity index is 640. The number of nitrogens with one attached hydrogen (secondary N) is 1. The molecule has 0 saturated heterocycles. The van der Waals surface area contributed by atoms with Crippen molar-refractivity contribution in [3.63, 3.8) is 0 Å². The van der Waals surface area contributed by atoms with Crippen LogP contribution in [0.15, 0.2) is 29.2 Å². The molecule has 142 valence electrons. The highest BCUT2D eigenvalue weighted by atomic mass is 32.2. The van der Waals surface area contributed by atoms with Gasteiger partial charge in [-0.2, -0.15) is 4.31 Å². The van der Waals surface area contributed by atoms with Crippen LogP contribution in [-0.4, -0.2) is 38.3 Å². The molecule has 0 unspecified atom stereocenters. The van der Waals surface area contributed by atoms with Crippen LogP contribution in [0.3, 0.4) is 0 Å². The highest BCUT2D eigenvalue weighted by molar-refractivity contribution is 7.89. The number of hydrogen-bond acceptors (Lipinski definition) is 4. The molecule has 1 aromatic rings. The Morgan fingerprint density at radius 3 is 2.00 bits per heavy atom. The van der Waals surface area contributed by atoms with Gasteiger partial charge in [0.05, 0.1) is 10.3 Å². The Morgan fingerprint density at radius 1 is 1.08 bits per heavy atom. The van der Waals surface area contributed by atoms with Crippen LogP contribution in [0, 0.1) is 5.41 Å². The maximum Gasteiger partial charge on any atom is 0.243 e. The summed E-state index contributed by atoms with van der Waals surface area (Å²) in [6, 6.07) is 6.65. The van der Waals surface area contributed by atoms with Crippen LogP contribution in [0.25, 0.3) is 0 Å². The number of nitrogens with two attached hydrogens (primary N) is 1. The van der Waals surface area contributed by atoms with E-state index < -0.39 is 15.4 Å². The van der Waals surface area contributed by atoms with Crippen LogP contribution in [0.2, 0.25) is 0 Å². The summed E-state index contributed by atoms with van der Waals surface area (Å²) >= 11 is 0. The summed E-state index contributed by atoms with van der Waals surface area (Å²) in [7, 11) is -3.45. The molecule has 0 aliphatic heterocycles. The zero-order chi connectivity index (χ0) is 19.1. The first kappa shape index (κ1) is 21.6. The summed E-state index contributed by atoms with van der Waals surface area (Å²) in [6.45, 7) is 9.09. The zero-order valence-electron chi connectivity index (χ0n) is 15.7. The number of sulfonamides is 1. The minimum absolute atomic E-state index is 0.0557. The van der Waals surface area contributed by atoms with E-state index in [0.29, 0.717) is 39.0 Å². The lowest BCUT2D eigenvalue weighted by molar-refractivity contribution is -0.131. The first-order valence-electron chi connectivity index (χ1n) is 8.88. The molecule has 0 spiro atoms. The third kappa shape index (κ3) is 4.80. The lowest BCUT2D eigenvalue weighted by atomic mass is 9.81. The predicted octanol–water partition coefficient (Wildman–Crippen LogP) is 2.10. The SMILES string of the molecule is CCN(CC)S(=O)(=O)c1ccc(CNC(=O)C(CC)(CC)CN)cc1. The fraction of sp³-hybridized carbons (Fsp3) is 0.611. The van der Waals surface area contributed by atoms with Gasteiger partial charge in [-0.3, -0.25) is 4.79 Å². The van der Waals surface area contributed by atoms with Gasteiger partial charge in [-0.1, -0.05) is 39.8 Å². The topological polar surface area (TPSA) is 92.5 Å². The van der Waals surface area contributed by atoms with E-state index in [1.165, 1.54) is 4.31 Å². The second-order valence-electron chi connectivity index (χ2n) is 6.11. The van der Waals surface area contributed by atoms with Crippen LogP contribution in [-0.2, 0) is 21.4 Å². The molecule has 1 rings (SSSR count). The molecule has 25 heavy (non-hydrogen) atoms. The highest BCUT2D eigenvalue weighted by Gasteiger charge is 2.32. The third-order valence-electron chi connectivity index (χ3n) is 4.95. The van der Waals surface area contributed by atoms with Crippen LogP contribution in [0.5, 0.6) is 0 Å². The summed E-state index contributed by atoms with van der Waals surface area (Å²) in [5.74, 6) is -0.0557. The molecule has 1 amide bonds. The summed E-state index contributed by atoms with van der Waals surface area (Å²) in [5.41, 5.74) is 6.11. The van der Waals surface area contributed by atoms with Crippen LogP contribution >= 0.6 is 0 Å². The van der Waals surface area contributed by atoms with Crippen molar-refractivity contribution in [2.75, 3.05) is 19.6 Å². The fourth-order valence-electron chi connectivity index (χ4n) is 2.81. The van der Waals surface area contributed by atoms with Gasteiger partial charge in [0.1, 0.15) is 0 Å². The van der Waals surface area contributed by atoms with Gasteiger partial charge >= 0.3 is 0 Å². The molecule has 0 atom stereocenters. The van der Waals surface area contributed by atoms with E-state index in [1.807, 2.05) is 27.7 Å². The smallest absolute Gasteiger partial charge is 0.243 e. The number of benzene rings is 1. The summed E-state index contributed by atoms with van der Waals surface area (Å²) in [6.07, 6.45) is 1.37. The van der Waals surface area contributed by atoms with Crippen molar-refractivity contribution in [1.82, 2.24) is 9.62 Å². The maximum atomic E-state index is 12.5. The molecule has 6 nitrogen and oxygen atoms in total. The van der Waals surface area contributed by atoms with Crippen molar-refractivity contribution in [3.05, 3.63) is 29.8 Å². The average molecular weight is 370 g/mol. The first-order chi connectivity index (χ1) is 11.8. The Morgan fingerprint density at radius 2 is 1.60 bits per heavy atom. The van der Waals surface area contributed by atoms with Crippen molar-refractivity contribution in [2.45, 2.75) is 52.0 Å². The number of amides is 1. The Hall–Kier alpha value is -1.44. The number of nitrogens with zero attached hydrogens (tertiary/aromatic N) is 1. The highest BCUT2D eigenvalue weighted by Crippen LogP contribution is 2.25. The summed E-state index contributed by atoms with van der Waals surface area (Å²) < 4.78 is 26.3.